The molecule has 1 aliphatic rings. The van der Waals surface area contributed by atoms with E-state index in [0.29, 0.717) is 51.4 Å². The summed E-state index contributed by atoms with van der Waals surface area (Å²) < 4.78 is 25.7. The quantitative estimate of drug-likeness (QED) is 0.444. The first-order valence-corrected chi connectivity index (χ1v) is 12.5. The Morgan fingerprint density at radius 2 is 1.73 bits per heavy atom. The largest absolute Gasteiger partial charge is 0.468 e. The second kappa shape index (κ2) is 11.7. The number of nitrogens with zero attached hydrogens (tertiary/aromatic N) is 3. The third-order valence-corrected chi connectivity index (χ3v) is 7.13. The highest BCUT2D eigenvalue weighted by molar-refractivity contribution is 6.04. The lowest BCUT2D eigenvalue weighted by Crippen LogP contribution is -2.50. The highest BCUT2D eigenvalue weighted by Crippen LogP contribution is 2.33. The summed E-state index contributed by atoms with van der Waals surface area (Å²) in [4.78, 5) is 29.0. The zero-order valence-corrected chi connectivity index (χ0v) is 22.0. The average Bonchev–Trinajstić information content (AvgIpc) is 3.16. The van der Waals surface area contributed by atoms with Gasteiger partial charge in [-0.1, -0.05) is 12.1 Å². The minimum atomic E-state index is -0.273. The van der Waals surface area contributed by atoms with Crippen LogP contribution in [0.1, 0.15) is 27.2 Å². The van der Waals surface area contributed by atoms with Gasteiger partial charge in [0.25, 0.3) is 5.91 Å². The number of nitrogens with one attached hydrogen (secondary N) is 1. The molecule has 1 amide bonds. The maximum Gasteiger partial charge on any atom is 0.319 e. The molecule has 0 aliphatic carbocycles. The number of rotatable bonds is 9. The molecule has 9 heteroatoms. The molecule has 1 N–H and O–H groups in total. The molecule has 2 heterocycles. The van der Waals surface area contributed by atoms with Crippen LogP contribution in [0.3, 0.4) is 0 Å². The molecular weight excluding hydrogens is 475 g/mol. The zero-order valence-electron chi connectivity index (χ0n) is 22.0. The third kappa shape index (κ3) is 5.94. The molecule has 0 saturated carbocycles. The smallest absolute Gasteiger partial charge is 0.319 e. The van der Waals surface area contributed by atoms with Crippen LogP contribution in [0.15, 0.2) is 36.4 Å². The van der Waals surface area contributed by atoms with Crippen molar-refractivity contribution >= 4 is 28.5 Å². The number of hydrogen-bond acceptors (Lipinski definition) is 6. The fourth-order valence-corrected chi connectivity index (χ4v) is 4.83. The number of benzene rings is 2. The fourth-order valence-electron chi connectivity index (χ4n) is 4.83. The van der Waals surface area contributed by atoms with Crippen molar-refractivity contribution in [3.63, 3.8) is 0 Å². The zero-order chi connectivity index (χ0) is 26.5. The van der Waals surface area contributed by atoms with Crippen LogP contribution in [0, 0.1) is 19.7 Å². The summed E-state index contributed by atoms with van der Waals surface area (Å²) in [5.74, 6) is -0.581. The summed E-state index contributed by atoms with van der Waals surface area (Å²) in [6.45, 7) is 8.45. The molecule has 0 atom stereocenters. The molecule has 198 valence electrons. The van der Waals surface area contributed by atoms with E-state index in [-0.39, 0.29) is 24.2 Å². The Hall–Kier alpha value is -3.43. The van der Waals surface area contributed by atoms with Gasteiger partial charge in [-0.15, -0.1) is 0 Å². The van der Waals surface area contributed by atoms with Gasteiger partial charge in [0.15, 0.2) is 0 Å². The molecule has 1 aromatic heterocycles. The van der Waals surface area contributed by atoms with Crippen LogP contribution in [0.4, 0.5) is 10.1 Å². The topological polar surface area (TPSA) is 76.0 Å². The van der Waals surface area contributed by atoms with Crippen molar-refractivity contribution in [1.29, 1.82) is 0 Å². The summed E-state index contributed by atoms with van der Waals surface area (Å²) in [6.07, 6.45) is 0. The van der Waals surface area contributed by atoms with E-state index in [1.54, 1.807) is 19.2 Å². The van der Waals surface area contributed by atoms with Crippen molar-refractivity contribution in [3.8, 4) is 0 Å². The van der Waals surface area contributed by atoms with Crippen LogP contribution < -0.4 is 5.32 Å². The van der Waals surface area contributed by atoms with E-state index in [0.717, 1.165) is 33.4 Å². The Morgan fingerprint density at radius 1 is 1.03 bits per heavy atom. The van der Waals surface area contributed by atoms with Crippen molar-refractivity contribution in [3.05, 3.63) is 64.6 Å². The molecule has 0 unspecified atom stereocenters. The highest BCUT2D eigenvalue weighted by atomic mass is 19.1. The Kier molecular flexibility index (Phi) is 8.45. The summed E-state index contributed by atoms with van der Waals surface area (Å²) in [5.41, 5.74) is 5.67. The number of methoxy groups -OCH3 is 2. The molecule has 3 aromatic rings. The number of fused-ring (bicyclic) bond motifs is 1. The molecule has 8 nitrogen and oxygen atoms in total. The Balaban J connectivity index is 1.64. The average molecular weight is 511 g/mol. The Bertz CT molecular complexity index is 1260. The predicted molar refractivity (Wildman–Crippen MR) is 141 cm³/mol. The van der Waals surface area contributed by atoms with Gasteiger partial charge in [0.05, 0.1) is 31.5 Å². The van der Waals surface area contributed by atoms with Gasteiger partial charge in [0, 0.05) is 63.0 Å². The Morgan fingerprint density at radius 3 is 2.38 bits per heavy atom. The van der Waals surface area contributed by atoms with Crippen LogP contribution in [0.2, 0.25) is 0 Å². The molecule has 37 heavy (non-hydrogen) atoms. The molecule has 1 fully saturated rings. The molecule has 0 bridgehead atoms. The Labute approximate surface area is 216 Å². The fraction of sp³-hybridized carbons (Fsp3) is 0.429. The number of ether oxygens (including phenoxy) is 2. The van der Waals surface area contributed by atoms with Crippen molar-refractivity contribution in [2.24, 2.45) is 0 Å². The van der Waals surface area contributed by atoms with Gasteiger partial charge in [0.2, 0.25) is 0 Å². The van der Waals surface area contributed by atoms with E-state index in [1.165, 1.54) is 19.2 Å². The second-order valence-corrected chi connectivity index (χ2v) is 9.40. The first kappa shape index (κ1) is 26.6. The van der Waals surface area contributed by atoms with E-state index in [2.05, 4.69) is 23.7 Å². The van der Waals surface area contributed by atoms with Crippen LogP contribution in [0.25, 0.3) is 10.9 Å². The van der Waals surface area contributed by atoms with Gasteiger partial charge in [-0.3, -0.25) is 14.5 Å². The number of aryl methyl sites for hydroxylation is 1. The lowest BCUT2D eigenvalue weighted by Gasteiger charge is -2.34. The van der Waals surface area contributed by atoms with E-state index < -0.39 is 0 Å². The third-order valence-electron chi connectivity index (χ3n) is 7.13. The minimum absolute atomic E-state index is 0.0360. The van der Waals surface area contributed by atoms with Crippen molar-refractivity contribution < 1.29 is 23.5 Å². The molecule has 0 radical (unpaired) electrons. The number of anilines is 1. The van der Waals surface area contributed by atoms with E-state index in [1.807, 2.05) is 21.9 Å². The van der Waals surface area contributed by atoms with Gasteiger partial charge in [-0.05, 0) is 49.2 Å². The maximum absolute atomic E-state index is 13.6. The summed E-state index contributed by atoms with van der Waals surface area (Å²) in [7, 11) is 3.06. The van der Waals surface area contributed by atoms with Crippen LogP contribution in [-0.2, 0) is 27.4 Å². The first-order valence-electron chi connectivity index (χ1n) is 12.5. The number of aromatic nitrogens is 1. The van der Waals surface area contributed by atoms with E-state index in [9.17, 15) is 14.0 Å². The SMILES string of the molecule is COCCn1c(C)c(C)c2cc(C(=O)N3CCN(CC(=O)OC)CC3)cc(NCc3ccc(F)cc3)c21. The van der Waals surface area contributed by atoms with Crippen LogP contribution >= 0.6 is 0 Å². The molecular formula is C28H35FN4O4. The highest BCUT2D eigenvalue weighted by Gasteiger charge is 2.25. The number of esters is 1. The second-order valence-electron chi connectivity index (χ2n) is 9.40. The number of carbonyl (C=O) groups is 2. The van der Waals surface area contributed by atoms with Gasteiger partial charge in [0.1, 0.15) is 5.82 Å². The standard InChI is InChI=1S/C28H35FN4O4/c1-19-20(2)33(13-14-36-3)27-24(19)15-22(16-25(27)30-17-21-5-7-23(29)8-6-21)28(35)32-11-9-31(10-12-32)18-26(34)37-4/h5-8,15-16,30H,9-14,17-18H2,1-4H3. The number of piperazine rings is 1. The predicted octanol–water partition coefficient (Wildman–Crippen LogP) is 3.59. The monoisotopic (exact) mass is 510 g/mol. The number of amides is 1. The summed E-state index contributed by atoms with van der Waals surface area (Å²) in [6, 6.07) is 10.3. The molecule has 4 rings (SSSR count). The van der Waals surface area contributed by atoms with Crippen molar-refractivity contribution in [1.82, 2.24) is 14.4 Å². The molecule has 1 aliphatic heterocycles. The van der Waals surface area contributed by atoms with Gasteiger partial charge in [-0.25, -0.2) is 4.39 Å². The molecule has 0 spiro atoms. The van der Waals surface area contributed by atoms with Crippen LogP contribution in [-0.4, -0.2) is 79.8 Å². The normalized spacial score (nSPS) is 14.2. The lowest BCUT2D eigenvalue weighted by molar-refractivity contribution is -0.142. The van der Waals surface area contributed by atoms with E-state index >= 15 is 0 Å². The lowest BCUT2D eigenvalue weighted by atomic mass is 10.1. The summed E-state index contributed by atoms with van der Waals surface area (Å²) >= 11 is 0. The van der Waals surface area contributed by atoms with Gasteiger partial charge < -0.3 is 24.3 Å². The number of carbonyl (C=O) groups excluding carboxylic acids is 2. The molecule has 2 aromatic carbocycles. The molecule has 1 saturated heterocycles. The van der Waals surface area contributed by atoms with Gasteiger partial charge in [-0.2, -0.15) is 0 Å². The number of hydrogen-bond donors (Lipinski definition) is 1. The van der Waals surface area contributed by atoms with Crippen LogP contribution in [0.5, 0.6) is 0 Å². The summed E-state index contributed by atoms with van der Waals surface area (Å²) in [5, 5.41) is 4.52. The minimum Gasteiger partial charge on any atom is -0.468 e. The maximum atomic E-state index is 13.6. The van der Waals surface area contributed by atoms with Gasteiger partial charge >= 0.3 is 5.97 Å². The van der Waals surface area contributed by atoms with E-state index in [4.69, 9.17) is 9.47 Å². The van der Waals surface area contributed by atoms with Crippen molar-refractivity contribution in [2.45, 2.75) is 26.9 Å². The van der Waals surface area contributed by atoms with Crippen molar-refractivity contribution in [2.75, 3.05) is 58.9 Å². The number of halogens is 1. The first-order chi connectivity index (χ1) is 17.8.